The van der Waals surface area contributed by atoms with Crippen molar-refractivity contribution in [2.45, 2.75) is 33.2 Å². The first-order valence-electron chi connectivity index (χ1n) is 4.44. The molecule has 2 heteroatoms. The average Bonchev–Trinajstić information content (AvgIpc) is 1.97. The van der Waals surface area contributed by atoms with Gasteiger partial charge in [-0.05, 0) is 18.9 Å². The summed E-state index contributed by atoms with van der Waals surface area (Å²) in [5.41, 5.74) is 0. The molecule has 0 saturated heterocycles. The molecule has 0 spiro atoms. The van der Waals surface area contributed by atoms with Crippen LogP contribution in [0.3, 0.4) is 0 Å². The lowest BCUT2D eigenvalue weighted by Gasteiger charge is -2.20. The van der Waals surface area contributed by atoms with E-state index in [9.17, 15) is 0 Å². The Balaban J connectivity index is 3.51. The van der Waals surface area contributed by atoms with Crippen molar-refractivity contribution in [3.05, 3.63) is 0 Å². The molecular formula is C9H21NO. The lowest BCUT2D eigenvalue weighted by atomic mass is 10.1. The molecule has 0 radical (unpaired) electrons. The maximum atomic E-state index is 5.10. The van der Waals surface area contributed by atoms with Gasteiger partial charge >= 0.3 is 0 Å². The van der Waals surface area contributed by atoms with E-state index in [2.05, 4.69) is 26.1 Å². The van der Waals surface area contributed by atoms with Crippen LogP contribution in [0.25, 0.3) is 0 Å². The molecule has 0 amide bonds. The molecule has 0 aliphatic heterocycles. The van der Waals surface area contributed by atoms with Crippen molar-refractivity contribution in [1.82, 2.24) is 5.32 Å². The summed E-state index contributed by atoms with van der Waals surface area (Å²) < 4.78 is 5.10. The van der Waals surface area contributed by atoms with Crippen LogP contribution in [-0.2, 0) is 4.74 Å². The highest BCUT2D eigenvalue weighted by molar-refractivity contribution is 4.68. The highest BCUT2D eigenvalue weighted by Crippen LogP contribution is 2.01. The molecule has 0 aromatic carbocycles. The number of hydrogen-bond acceptors (Lipinski definition) is 2. The van der Waals surface area contributed by atoms with Gasteiger partial charge in [0.2, 0.25) is 0 Å². The zero-order valence-corrected chi connectivity index (χ0v) is 8.18. The molecule has 68 valence electrons. The van der Waals surface area contributed by atoms with E-state index in [1.807, 2.05) is 0 Å². The molecule has 0 saturated carbocycles. The lowest BCUT2D eigenvalue weighted by Crippen LogP contribution is -2.38. The third kappa shape index (κ3) is 5.22. The second kappa shape index (κ2) is 6.62. The van der Waals surface area contributed by atoms with Crippen LogP contribution < -0.4 is 5.32 Å². The Labute approximate surface area is 70.3 Å². The number of rotatable bonds is 6. The van der Waals surface area contributed by atoms with E-state index in [0.29, 0.717) is 12.0 Å². The summed E-state index contributed by atoms with van der Waals surface area (Å²) in [6, 6.07) is 0.514. The van der Waals surface area contributed by atoms with Crippen LogP contribution in [0.15, 0.2) is 0 Å². The Hall–Kier alpha value is -0.0800. The van der Waals surface area contributed by atoms with Crippen molar-refractivity contribution in [3.63, 3.8) is 0 Å². The van der Waals surface area contributed by atoms with E-state index >= 15 is 0 Å². The molecule has 1 N–H and O–H groups in total. The Morgan fingerprint density at radius 2 is 2.00 bits per heavy atom. The molecule has 11 heavy (non-hydrogen) atoms. The van der Waals surface area contributed by atoms with Gasteiger partial charge in [0, 0.05) is 13.2 Å². The van der Waals surface area contributed by atoms with Crippen LogP contribution >= 0.6 is 0 Å². The minimum atomic E-state index is 0.514. The van der Waals surface area contributed by atoms with E-state index in [-0.39, 0.29) is 0 Å². The van der Waals surface area contributed by atoms with Crippen molar-refractivity contribution in [3.8, 4) is 0 Å². The minimum absolute atomic E-state index is 0.514. The third-order valence-electron chi connectivity index (χ3n) is 1.81. The third-order valence-corrected chi connectivity index (χ3v) is 1.81. The summed E-state index contributed by atoms with van der Waals surface area (Å²) in [5, 5.41) is 3.44. The predicted molar refractivity (Wildman–Crippen MR) is 48.8 cm³/mol. The van der Waals surface area contributed by atoms with Gasteiger partial charge in [-0.3, -0.25) is 0 Å². The van der Waals surface area contributed by atoms with Crippen molar-refractivity contribution >= 4 is 0 Å². The summed E-state index contributed by atoms with van der Waals surface area (Å²) in [7, 11) is 1.75. The molecule has 0 aromatic rings. The summed E-state index contributed by atoms with van der Waals surface area (Å²) in [4.78, 5) is 0. The van der Waals surface area contributed by atoms with Gasteiger partial charge < -0.3 is 10.1 Å². The van der Waals surface area contributed by atoms with Crippen LogP contribution in [0.4, 0.5) is 0 Å². The summed E-state index contributed by atoms with van der Waals surface area (Å²) in [6.07, 6.45) is 1.19. The van der Waals surface area contributed by atoms with Gasteiger partial charge in [-0.25, -0.2) is 0 Å². The lowest BCUT2D eigenvalue weighted by molar-refractivity contribution is 0.147. The average molecular weight is 159 g/mol. The topological polar surface area (TPSA) is 21.3 Å². The molecule has 0 aliphatic carbocycles. The molecule has 0 heterocycles. The molecule has 0 rings (SSSR count). The summed E-state index contributed by atoms with van der Waals surface area (Å²) >= 11 is 0. The van der Waals surface area contributed by atoms with Crippen LogP contribution in [0.1, 0.15) is 27.2 Å². The zero-order valence-electron chi connectivity index (χ0n) is 8.18. The second-order valence-corrected chi connectivity index (χ2v) is 3.26. The van der Waals surface area contributed by atoms with Gasteiger partial charge in [0.15, 0.2) is 0 Å². The highest BCUT2D eigenvalue weighted by atomic mass is 16.5. The smallest absolute Gasteiger partial charge is 0.0618 e. The van der Waals surface area contributed by atoms with Crippen molar-refractivity contribution in [2.24, 2.45) is 5.92 Å². The molecule has 0 aromatic heterocycles. The highest BCUT2D eigenvalue weighted by Gasteiger charge is 2.10. The number of nitrogens with one attached hydrogen (secondary N) is 1. The van der Waals surface area contributed by atoms with Crippen molar-refractivity contribution < 1.29 is 4.74 Å². The first-order chi connectivity index (χ1) is 5.22. The molecule has 2 nitrogen and oxygen atoms in total. The predicted octanol–water partition coefficient (Wildman–Crippen LogP) is 1.66. The fourth-order valence-electron chi connectivity index (χ4n) is 0.996. The van der Waals surface area contributed by atoms with Gasteiger partial charge in [0.1, 0.15) is 0 Å². The van der Waals surface area contributed by atoms with E-state index in [0.717, 1.165) is 13.2 Å². The Kier molecular flexibility index (Phi) is 6.57. The van der Waals surface area contributed by atoms with Gasteiger partial charge in [0.05, 0.1) is 6.61 Å². The maximum Gasteiger partial charge on any atom is 0.0618 e. The monoisotopic (exact) mass is 159 g/mol. The first kappa shape index (κ1) is 10.9. The van der Waals surface area contributed by atoms with Crippen molar-refractivity contribution in [1.29, 1.82) is 0 Å². The standard InChI is InChI=1S/C9H21NO/c1-5-6-10-9(7-11-4)8(2)3/h8-10H,5-7H2,1-4H3. The molecule has 1 unspecified atom stereocenters. The fourth-order valence-corrected chi connectivity index (χ4v) is 0.996. The van der Waals surface area contributed by atoms with E-state index in [1.165, 1.54) is 6.42 Å². The van der Waals surface area contributed by atoms with Crippen LogP contribution in [0.5, 0.6) is 0 Å². The van der Waals surface area contributed by atoms with Crippen LogP contribution in [0, 0.1) is 5.92 Å². The zero-order chi connectivity index (χ0) is 8.69. The van der Waals surface area contributed by atoms with Gasteiger partial charge in [-0.15, -0.1) is 0 Å². The van der Waals surface area contributed by atoms with Crippen LogP contribution in [0.2, 0.25) is 0 Å². The Morgan fingerprint density at radius 3 is 2.36 bits per heavy atom. The molecule has 0 fully saturated rings. The van der Waals surface area contributed by atoms with Crippen molar-refractivity contribution in [2.75, 3.05) is 20.3 Å². The Bertz CT molecular complexity index is 83.6. The van der Waals surface area contributed by atoms with Gasteiger partial charge in [-0.1, -0.05) is 20.8 Å². The second-order valence-electron chi connectivity index (χ2n) is 3.26. The normalized spacial score (nSPS) is 13.9. The van der Waals surface area contributed by atoms with Crippen LogP contribution in [-0.4, -0.2) is 26.3 Å². The molecule has 0 bridgehead atoms. The number of methoxy groups -OCH3 is 1. The quantitative estimate of drug-likeness (QED) is 0.636. The van der Waals surface area contributed by atoms with Gasteiger partial charge in [-0.2, -0.15) is 0 Å². The number of ether oxygens (including phenoxy) is 1. The van der Waals surface area contributed by atoms with Gasteiger partial charge in [0.25, 0.3) is 0 Å². The van der Waals surface area contributed by atoms with E-state index < -0.39 is 0 Å². The summed E-state index contributed by atoms with van der Waals surface area (Å²) in [5.74, 6) is 0.654. The first-order valence-corrected chi connectivity index (χ1v) is 4.44. The largest absolute Gasteiger partial charge is 0.383 e. The van der Waals surface area contributed by atoms with E-state index in [1.54, 1.807) is 7.11 Å². The fraction of sp³-hybridized carbons (Fsp3) is 1.00. The molecule has 1 atom stereocenters. The molecule has 0 aliphatic rings. The van der Waals surface area contributed by atoms with E-state index in [4.69, 9.17) is 4.74 Å². The summed E-state index contributed by atoms with van der Waals surface area (Å²) in [6.45, 7) is 8.51. The Morgan fingerprint density at radius 1 is 1.36 bits per heavy atom. The molecular weight excluding hydrogens is 138 g/mol. The SMILES string of the molecule is CCCNC(COC)C(C)C. The minimum Gasteiger partial charge on any atom is -0.383 e. The number of hydrogen-bond donors (Lipinski definition) is 1. The maximum absolute atomic E-state index is 5.10.